The van der Waals surface area contributed by atoms with E-state index in [0.717, 1.165) is 5.56 Å². The van der Waals surface area contributed by atoms with Gasteiger partial charge in [0.1, 0.15) is 6.04 Å². The number of amides is 2. The molecule has 0 fully saturated rings. The van der Waals surface area contributed by atoms with E-state index in [1.165, 1.54) is 6.08 Å². The van der Waals surface area contributed by atoms with Crippen molar-refractivity contribution >= 4 is 23.9 Å². The largest absolute Gasteiger partial charge is 0.454 e. The van der Waals surface area contributed by atoms with Gasteiger partial charge in [0.05, 0.1) is 0 Å². The molecular weight excluding hydrogens is 328 g/mol. The van der Waals surface area contributed by atoms with E-state index >= 15 is 0 Å². The van der Waals surface area contributed by atoms with Gasteiger partial charge in [-0.3, -0.25) is 9.59 Å². The Balaban J connectivity index is 1.76. The van der Waals surface area contributed by atoms with Gasteiger partial charge in [-0.25, -0.2) is 4.79 Å². The topological polar surface area (TPSA) is 103 Å². The number of nitrogens with one attached hydrogen (secondary N) is 2. The summed E-state index contributed by atoms with van der Waals surface area (Å²) < 4.78 is 15.3. The second-order valence-corrected chi connectivity index (χ2v) is 5.24. The molecule has 1 aromatic carbocycles. The molecule has 0 aromatic heterocycles. The number of carbonyl (C=O) groups is 3. The second kappa shape index (κ2) is 8.72. The van der Waals surface area contributed by atoms with E-state index in [1.807, 2.05) is 0 Å². The van der Waals surface area contributed by atoms with Crippen LogP contribution in [0, 0.1) is 0 Å². The Hall–Kier alpha value is -3.03. The van der Waals surface area contributed by atoms with Gasteiger partial charge < -0.3 is 24.8 Å². The van der Waals surface area contributed by atoms with E-state index in [2.05, 4.69) is 10.6 Å². The highest BCUT2D eigenvalue weighted by molar-refractivity contribution is 5.91. The van der Waals surface area contributed by atoms with Crippen molar-refractivity contribution in [3.05, 3.63) is 29.8 Å². The van der Waals surface area contributed by atoms with E-state index < -0.39 is 24.5 Å². The molecule has 0 saturated carbocycles. The molecule has 25 heavy (non-hydrogen) atoms. The maximum Gasteiger partial charge on any atom is 0.331 e. The summed E-state index contributed by atoms with van der Waals surface area (Å²) in [6.07, 6.45) is 2.75. The summed E-state index contributed by atoms with van der Waals surface area (Å²) in [5.41, 5.74) is 0.732. The van der Waals surface area contributed by atoms with Crippen LogP contribution in [0.25, 0.3) is 6.08 Å². The van der Waals surface area contributed by atoms with Crippen LogP contribution in [-0.2, 0) is 19.1 Å². The summed E-state index contributed by atoms with van der Waals surface area (Å²) in [5.74, 6) is -0.265. The smallest absolute Gasteiger partial charge is 0.331 e. The predicted molar refractivity (Wildman–Crippen MR) is 88.8 cm³/mol. The fraction of sp³-hybridized carbons (Fsp3) is 0.353. The molecule has 2 amide bonds. The van der Waals surface area contributed by atoms with Crippen LogP contribution in [0.3, 0.4) is 0 Å². The molecular formula is C17H20N2O6. The Bertz CT molecular complexity index is 686. The molecule has 0 bridgehead atoms. The molecule has 0 unspecified atom stereocenters. The van der Waals surface area contributed by atoms with Crippen LogP contribution >= 0.6 is 0 Å². The lowest BCUT2D eigenvalue weighted by molar-refractivity contribution is -0.144. The molecule has 0 saturated heterocycles. The minimum Gasteiger partial charge on any atom is -0.454 e. The average molecular weight is 348 g/mol. The van der Waals surface area contributed by atoms with Crippen LogP contribution in [0.2, 0.25) is 0 Å². The summed E-state index contributed by atoms with van der Waals surface area (Å²) in [5, 5.41) is 5.02. The molecule has 0 spiro atoms. The van der Waals surface area contributed by atoms with Crippen molar-refractivity contribution in [3.8, 4) is 11.5 Å². The van der Waals surface area contributed by atoms with Gasteiger partial charge in [-0.15, -0.1) is 0 Å². The molecule has 1 aromatic rings. The van der Waals surface area contributed by atoms with Crippen LogP contribution in [0.15, 0.2) is 24.3 Å². The number of likely N-dealkylation sites (N-methyl/N-ethyl adjacent to an activating group) is 1. The monoisotopic (exact) mass is 348 g/mol. The quantitative estimate of drug-likeness (QED) is 0.553. The Morgan fingerprint density at radius 2 is 2.04 bits per heavy atom. The highest BCUT2D eigenvalue weighted by atomic mass is 16.7. The number of esters is 1. The summed E-state index contributed by atoms with van der Waals surface area (Å²) >= 11 is 0. The number of hydrogen-bond donors (Lipinski definition) is 2. The third-order valence-electron chi connectivity index (χ3n) is 3.28. The first-order valence-electron chi connectivity index (χ1n) is 7.81. The zero-order chi connectivity index (χ0) is 18.2. The van der Waals surface area contributed by atoms with Gasteiger partial charge >= 0.3 is 5.97 Å². The van der Waals surface area contributed by atoms with Gasteiger partial charge in [0.15, 0.2) is 18.1 Å². The fourth-order valence-electron chi connectivity index (χ4n) is 2.04. The van der Waals surface area contributed by atoms with Crippen molar-refractivity contribution in [1.82, 2.24) is 10.6 Å². The van der Waals surface area contributed by atoms with E-state index in [-0.39, 0.29) is 12.7 Å². The molecule has 0 aliphatic carbocycles. The molecule has 8 heteroatoms. The third-order valence-corrected chi connectivity index (χ3v) is 3.28. The van der Waals surface area contributed by atoms with Crippen LogP contribution in [0.4, 0.5) is 0 Å². The minimum atomic E-state index is -0.699. The lowest BCUT2D eigenvalue weighted by Crippen LogP contribution is -2.46. The van der Waals surface area contributed by atoms with E-state index in [0.29, 0.717) is 18.0 Å². The van der Waals surface area contributed by atoms with Crippen molar-refractivity contribution in [2.24, 2.45) is 0 Å². The van der Waals surface area contributed by atoms with Gasteiger partial charge in [0.2, 0.25) is 12.7 Å². The number of benzene rings is 1. The number of ether oxygens (including phenoxy) is 3. The average Bonchev–Trinajstić information content (AvgIpc) is 3.06. The minimum absolute atomic E-state index is 0.175. The van der Waals surface area contributed by atoms with Crippen LogP contribution in [0.1, 0.15) is 19.4 Å². The second-order valence-electron chi connectivity index (χ2n) is 5.24. The Kier molecular flexibility index (Phi) is 6.39. The third kappa shape index (κ3) is 5.52. The molecule has 2 rings (SSSR count). The fourth-order valence-corrected chi connectivity index (χ4v) is 2.04. The molecule has 2 N–H and O–H groups in total. The molecule has 1 aliphatic heterocycles. The van der Waals surface area contributed by atoms with Crippen molar-refractivity contribution in [2.45, 2.75) is 19.9 Å². The van der Waals surface area contributed by atoms with Gasteiger partial charge in [-0.2, -0.15) is 0 Å². The summed E-state index contributed by atoms with van der Waals surface area (Å²) in [4.78, 5) is 34.8. The van der Waals surface area contributed by atoms with Crippen molar-refractivity contribution in [3.63, 3.8) is 0 Å². The Morgan fingerprint density at radius 1 is 1.28 bits per heavy atom. The normalized spacial score (nSPS) is 13.4. The van der Waals surface area contributed by atoms with Gasteiger partial charge in [-0.05, 0) is 37.6 Å². The van der Waals surface area contributed by atoms with Gasteiger partial charge in [0, 0.05) is 12.6 Å². The number of rotatable bonds is 7. The zero-order valence-corrected chi connectivity index (χ0v) is 14.0. The summed E-state index contributed by atoms with van der Waals surface area (Å²) in [7, 11) is 0. The first-order chi connectivity index (χ1) is 12.0. The molecule has 1 aliphatic rings. The van der Waals surface area contributed by atoms with Crippen LogP contribution in [-0.4, -0.2) is 43.8 Å². The number of hydrogen-bond acceptors (Lipinski definition) is 6. The standard InChI is InChI=1S/C17H20N2O6/c1-3-18-17(22)11(2)19-15(20)9-23-16(21)7-5-12-4-6-13-14(8-12)25-10-24-13/h4-8,11H,3,9-10H2,1-2H3,(H,18,22)(H,19,20)/b7-5+/t11-/m1/s1. The van der Waals surface area contributed by atoms with Gasteiger partial charge in [0.25, 0.3) is 5.91 Å². The molecule has 0 radical (unpaired) electrons. The van der Waals surface area contributed by atoms with Crippen molar-refractivity contribution in [1.29, 1.82) is 0 Å². The molecule has 1 heterocycles. The first-order valence-corrected chi connectivity index (χ1v) is 7.81. The van der Waals surface area contributed by atoms with Gasteiger partial charge in [-0.1, -0.05) is 6.07 Å². The maximum atomic E-state index is 11.7. The van der Waals surface area contributed by atoms with Crippen LogP contribution < -0.4 is 20.1 Å². The molecule has 134 valence electrons. The lowest BCUT2D eigenvalue weighted by atomic mass is 10.2. The summed E-state index contributed by atoms with van der Waals surface area (Å²) in [6, 6.07) is 4.53. The summed E-state index contributed by atoms with van der Waals surface area (Å²) in [6.45, 7) is 3.51. The van der Waals surface area contributed by atoms with Crippen molar-refractivity contribution < 1.29 is 28.6 Å². The molecule has 8 nitrogen and oxygen atoms in total. The van der Waals surface area contributed by atoms with E-state index in [9.17, 15) is 14.4 Å². The lowest BCUT2D eigenvalue weighted by Gasteiger charge is -2.12. The highest BCUT2D eigenvalue weighted by Gasteiger charge is 2.15. The molecule has 1 atom stereocenters. The van der Waals surface area contributed by atoms with E-state index in [1.54, 1.807) is 38.1 Å². The maximum absolute atomic E-state index is 11.7. The number of carbonyl (C=O) groups excluding carboxylic acids is 3. The Labute approximate surface area is 145 Å². The SMILES string of the molecule is CCNC(=O)[C@@H](C)NC(=O)COC(=O)/C=C/c1ccc2c(c1)OCO2. The number of fused-ring (bicyclic) bond motifs is 1. The zero-order valence-electron chi connectivity index (χ0n) is 14.0. The van der Waals surface area contributed by atoms with Crippen LogP contribution in [0.5, 0.6) is 11.5 Å². The first kappa shape index (κ1) is 18.3. The Morgan fingerprint density at radius 3 is 2.80 bits per heavy atom. The highest BCUT2D eigenvalue weighted by Crippen LogP contribution is 2.32. The predicted octanol–water partition coefficient (Wildman–Crippen LogP) is 0.612. The van der Waals surface area contributed by atoms with E-state index in [4.69, 9.17) is 14.2 Å². The van der Waals surface area contributed by atoms with Crippen molar-refractivity contribution in [2.75, 3.05) is 19.9 Å².